The molecule has 0 aliphatic carbocycles. The summed E-state index contributed by atoms with van der Waals surface area (Å²) in [6, 6.07) is 18.4. The van der Waals surface area contributed by atoms with E-state index in [0.717, 1.165) is 11.1 Å². The van der Waals surface area contributed by atoms with Crippen molar-refractivity contribution in [3.8, 4) is 0 Å². The van der Waals surface area contributed by atoms with Gasteiger partial charge in [-0.2, -0.15) is 0 Å². The Balaban J connectivity index is 1.78. The number of nitrogens with zero attached hydrogens (tertiary/aromatic N) is 1. The van der Waals surface area contributed by atoms with Crippen molar-refractivity contribution in [2.75, 3.05) is 26.9 Å². The summed E-state index contributed by atoms with van der Waals surface area (Å²) in [6.07, 6.45) is 1.31. The molecule has 0 bridgehead atoms. The molecule has 3 rings (SSSR count). The van der Waals surface area contributed by atoms with E-state index in [4.69, 9.17) is 19.5 Å². The zero-order valence-corrected chi connectivity index (χ0v) is 20.6. The number of ether oxygens (including phenoxy) is 1. The van der Waals surface area contributed by atoms with Crippen molar-refractivity contribution >= 4 is 19.6 Å². The molecule has 2 aromatic carbocycles. The van der Waals surface area contributed by atoms with Crippen LogP contribution in [0.25, 0.3) is 0 Å². The molecule has 9 heteroatoms. The van der Waals surface area contributed by atoms with Crippen molar-refractivity contribution in [2.45, 2.75) is 37.8 Å². The number of amides is 2. The van der Waals surface area contributed by atoms with Gasteiger partial charge in [0.1, 0.15) is 6.61 Å². The van der Waals surface area contributed by atoms with Crippen LogP contribution >= 0.6 is 7.60 Å². The van der Waals surface area contributed by atoms with Gasteiger partial charge >= 0.3 is 13.7 Å². The maximum absolute atomic E-state index is 13.1. The van der Waals surface area contributed by atoms with Crippen molar-refractivity contribution in [1.29, 1.82) is 0 Å². The lowest BCUT2D eigenvalue weighted by Gasteiger charge is -2.40. The molecule has 1 aliphatic rings. The Labute approximate surface area is 200 Å². The molecule has 8 nitrogen and oxygen atoms in total. The van der Waals surface area contributed by atoms with Gasteiger partial charge in [0.05, 0.1) is 12.1 Å². The summed E-state index contributed by atoms with van der Waals surface area (Å²) in [5, 5.41) is 0. The van der Waals surface area contributed by atoms with E-state index in [1.54, 1.807) is 4.90 Å². The molecule has 2 aromatic rings. The standard InChI is InChI=1S/C25H33N2O6P/c1-31-34(30,32-2)18-20-13-14-27(25(29)33-17-19-9-5-3-6-10-19)22(15-20)16-23(24(26)28)21-11-7-4-8-12-21/h3-12,20,22-23H,13-18H2,1-2H3,(H2,26,28)/t20-,22+,23?/m1/s1. The van der Waals surface area contributed by atoms with Crippen molar-refractivity contribution in [3.05, 3.63) is 71.8 Å². The summed E-state index contributed by atoms with van der Waals surface area (Å²) in [5.74, 6) is -1.02. The number of rotatable bonds is 10. The van der Waals surface area contributed by atoms with Gasteiger partial charge in [-0.3, -0.25) is 9.36 Å². The van der Waals surface area contributed by atoms with Gasteiger partial charge in [-0.15, -0.1) is 0 Å². The lowest BCUT2D eigenvalue weighted by Crippen LogP contribution is -2.48. The van der Waals surface area contributed by atoms with Crippen LogP contribution in [0, 0.1) is 5.92 Å². The van der Waals surface area contributed by atoms with E-state index in [9.17, 15) is 14.2 Å². The Hall–Kier alpha value is -2.67. The third kappa shape index (κ3) is 6.92. The molecule has 1 heterocycles. The molecule has 1 aliphatic heterocycles. The highest BCUT2D eigenvalue weighted by molar-refractivity contribution is 7.53. The minimum absolute atomic E-state index is 0.00166. The predicted molar refractivity (Wildman–Crippen MR) is 129 cm³/mol. The van der Waals surface area contributed by atoms with Crippen LogP contribution in [0.15, 0.2) is 60.7 Å². The van der Waals surface area contributed by atoms with Gasteiger partial charge in [0.2, 0.25) is 5.91 Å². The van der Waals surface area contributed by atoms with Gasteiger partial charge in [0.25, 0.3) is 0 Å². The second-order valence-corrected chi connectivity index (χ2v) is 10.9. The number of hydrogen-bond acceptors (Lipinski definition) is 6. The highest BCUT2D eigenvalue weighted by atomic mass is 31.2. The first-order chi connectivity index (χ1) is 16.3. The number of primary amides is 1. The molecule has 184 valence electrons. The summed E-state index contributed by atoms with van der Waals surface area (Å²) in [7, 11) is -0.467. The first kappa shape index (κ1) is 25.9. The van der Waals surface area contributed by atoms with Gasteiger partial charge in [-0.25, -0.2) is 4.79 Å². The fourth-order valence-electron chi connectivity index (χ4n) is 4.48. The zero-order valence-electron chi connectivity index (χ0n) is 19.7. The Morgan fingerprint density at radius 3 is 2.26 bits per heavy atom. The molecule has 1 unspecified atom stereocenters. The average Bonchev–Trinajstić information content (AvgIpc) is 2.86. The molecular weight excluding hydrogens is 455 g/mol. The van der Waals surface area contributed by atoms with E-state index in [1.807, 2.05) is 60.7 Å². The summed E-state index contributed by atoms with van der Waals surface area (Å²) in [6.45, 7) is 0.573. The van der Waals surface area contributed by atoms with Crippen LogP contribution in [0.2, 0.25) is 0 Å². The maximum atomic E-state index is 13.1. The van der Waals surface area contributed by atoms with Crippen molar-refractivity contribution in [2.24, 2.45) is 11.7 Å². The predicted octanol–water partition coefficient (Wildman–Crippen LogP) is 4.55. The smallest absolute Gasteiger partial charge is 0.410 e. The van der Waals surface area contributed by atoms with Crippen LogP contribution in [0.4, 0.5) is 4.79 Å². The number of carbonyl (C=O) groups excluding carboxylic acids is 2. The number of piperidine rings is 1. The third-order valence-electron chi connectivity index (χ3n) is 6.36. The highest BCUT2D eigenvalue weighted by Gasteiger charge is 2.38. The quantitative estimate of drug-likeness (QED) is 0.492. The van der Waals surface area contributed by atoms with E-state index < -0.39 is 25.5 Å². The summed E-state index contributed by atoms with van der Waals surface area (Å²) < 4.78 is 28.6. The minimum Gasteiger partial charge on any atom is -0.445 e. The number of benzene rings is 2. The van der Waals surface area contributed by atoms with Crippen molar-refractivity contribution < 1.29 is 27.9 Å². The molecule has 2 amide bonds. The molecule has 0 radical (unpaired) electrons. The molecule has 0 saturated carbocycles. The molecular formula is C25H33N2O6P. The van der Waals surface area contributed by atoms with E-state index >= 15 is 0 Å². The minimum atomic E-state index is -3.21. The van der Waals surface area contributed by atoms with Gasteiger partial charge in [-0.1, -0.05) is 60.7 Å². The van der Waals surface area contributed by atoms with Crippen LogP contribution in [0.5, 0.6) is 0 Å². The number of likely N-dealkylation sites (tertiary alicyclic amines) is 1. The average molecular weight is 489 g/mol. The lowest BCUT2D eigenvalue weighted by atomic mass is 9.84. The monoisotopic (exact) mass is 488 g/mol. The largest absolute Gasteiger partial charge is 0.445 e. The Morgan fingerprint density at radius 2 is 1.68 bits per heavy atom. The second-order valence-electron chi connectivity index (χ2n) is 8.54. The fourth-order valence-corrected chi connectivity index (χ4v) is 5.89. The lowest BCUT2D eigenvalue weighted by molar-refractivity contribution is -0.120. The first-order valence-electron chi connectivity index (χ1n) is 11.4. The summed E-state index contributed by atoms with van der Waals surface area (Å²) >= 11 is 0. The normalized spacial score (nSPS) is 19.4. The van der Waals surface area contributed by atoms with Crippen LogP contribution in [-0.2, 0) is 29.8 Å². The maximum Gasteiger partial charge on any atom is 0.410 e. The zero-order chi connectivity index (χ0) is 24.6. The number of carbonyl (C=O) groups is 2. The van der Waals surface area contributed by atoms with Gasteiger partial charge in [0.15, 0.2) is 0 Å². The molecule has 2 N–H and O–H groups in total. The van der Waals surface area contributed by atoms with Crippen LogP contribution in [-0.4, -0.2) is 49.9 Å². The number of hydrogen-bond donors (Lipinski definition) is 1. The topological polar surface area (TPSA) is 108 Å². The SMILES string of the molecule is COP(=O)(C[C@@H]1CCN(C(=O)OCc2ccccc2)[C@H](CC(C(N)=O)c2ccccc2)C1)OC. The van der Waals surface area contributed by atoms with E-state index in [-0.39, 0.29) is 24.7 Å². The van der Waals surface area contributed by atoms with Gasteiger partial charge in [0, 0.05) is 26.8 Å². The fraction of sp³-hybridized carbons (Fsp3) is 0.440. The van der Waals surface area contributed by atoms with Gasteiger partial charge in [-0.05, 0) is 36.3 Å². The Kier molecular flexibility index (Phi) is 9.28. The van der Waals surface area contributed by atoms with Gasteiger partial charge < -0.3 is 24.4 Å². The Morgan fingerprint density at radius 1 is 1.06 bits per heavy atom. The molecule has 1 fully saturated rings. The van der Waals surface area contributed by atoms with Crippen LogP contribution in [0.1, 0.15) is 36.3 Å². The molecule has 0 spiro atoms. The molecule has 0 aromatic heterocycles. The van der Waals surface area contributed by atoms with Crippen molar-refractivity contribution in [1.82, 2.24) is 4.90 Å². The molecule has 34 heavy (non-hydrogen) atoms. The molecule has 3 atom stereocenters. The van der Waals surface area contributed by atoms with Crippen LogP contribution in [0.3, 0.4) is 0 Å². The second kappa shape index (κ2) is 12.2. The third-order valence-corrected chi connectivity index (χ3v) is 8.43. The van der Waals surface area contributed by atoms with E-state index in [2.05, 4.69) is 0 Å². The van der Waals surface area contributed by atoms with E-state index in [0.29, 0.717) is 25.8 Å². The highest BCUT2D eigenvalue weighted by Crippen LogP contribution is 2.50. The Bertz CT molecular complexity index is 979. The van der Waals surface area contributed by atoms with E-state index in [1.165, 1.54) is 14.2 Å². The van der Waals surface area contributed by atoms with Crippen molar-refractivity contribution in [3.63, 3.8) is 0 Å². The van der Waals surface area contributed by atoms with Crippen LogP contribution < -0.4 is 5.73 Å². The summed E-state index contributed by atoms with van der Waals surface area (Å²) in [4.78, 5) is 27.1. The first-order valence-corrected chi connectivity index (χ1v) is 13.1. The number of nitrogens with two attached hydrogens (primary N) is 1. The molecule has 1 saturated heterocycles. The summed E-state index contributed by atoms with van der Waals surface area (Å²) in [5.41, 5.74) is 7.46.